The summed E-state index contributed by atoms with van der Waals surface area (Å²) in [6.45, 7) is 3.18. The van der Waals surface area contributed by atoms with Crippen molar-refractivity contribution in [2.45, 2.75) is 11.0 Å². The highest BCUT2D eigenvalue weighted by molar-refractivity contribution is 14.1. The molecule has 2 N–H and O–H groups in total. The molecule has 0 aliphatic heterocycles. The van der Waals surface area contributed by atoms with E-state index in [9.17, 15) is 4.79 Å². The average Bonchev–Trinajstić information content (AvgIpc) is 2.24. The van der Waals surface area contributed by atoms with Crippen molar-refractivity contribution in [2.75, 3.05) is 13.2 Å². The molecule has 0 aliphatic rings. The molecule has 0 fully saturated rings. The third-order valence-electron chi connectivity index (χ3n) is 1.90. The van der Waals surface area contributed by atoms with Gasteiger partial charge in [0.2, 0.25) is 0 Å². The predicted molar refractivity (Wildman–Crippen MR) is 70.4 cm³/mol. The minimum Gasteiger partial charge on any atom is -0.491 e. The van der Waals surface area contributed by atoms with Gasteiger partial charge in [-0.15, -0.1) is 0 Å². The lowest BCUT2D eigenvalue weighted by molar-refractivity contribution is 0.0692. The van der Waals surface area contributed by atoms with Crippen LogP contribution in [0.4, 0.5) is 0 Å². The van der Waals surface area contributed by atoms with Gasteiger partial charge in [0.15, 0.2) is 0 Å². The molecule has 16 heavy (non-hydrogen) atoms. The Kier molecular flexibility index (Phi) is 5.54. The monoisotopic (exact) mass is 335 g/mol. The summed E-state index contributed by atoms with van der Waals surface area (Å²) in [4.78, 5) is 10.9. The predicted octanol–water partition coefficient (Wildman–Crippen LogP) is 2.13. The third kappa shape index (κ3) is 4.36. The number of carboxylic acids is 1. The summed E-state index contributed by atoms with van der Waals surface area (Å²) in [6, 6.07) is 6.64. The molecular weight excluding hydrogens is 321 g/mol. The highest BCUT2D eigenvalue weighted by atomic mass is 127. The van der Waals surface area contributed by atoms with E-state index in [2.05, 4.69) is 27.9 Å². The Morgan fingerprint density at radius 2 is 2.25 bits per heavy atom. The van der Waals surface area contributed by atoms with E-state index < -0.39 is 5.97 Å². The number of aromatic carboxylic acids is 1. The number of halogens is 1. The molecule has 1 aromatic rings. The molecule has 1 rings (SSSR count). The van der Waals surface area contributed by atoms with Gasteiger partial charge in [0, 0.05) is 6.54 Å². The van der Waals surface area contributed by atoms with Gasteiger partial charge in [-0.3, -0.25) is 0 Å². The van der Waals surface area contributed by atoms with Gasteiger partial charge in [-0.05, 0) is 19.1 Å². The van der Waals surface area contributed by atoms with Gasteiger partial charge in [0.25, 0.3) is 0 Å². The fourth-order valence-corrected chi connectivity index (χ4v) is 1.50. The lowest BCUT2D eigenvalue weighted by Gasteiger charge is -2.10. The third-order valence-corrected chi connectivity index (χ3v) is 2.34. The molecule has 0 saturated carbocycles. The number of nitrogens with one attached hydrogen (secondary N) is 1. The second kappa shape index (κ2) is 6.70. The smallest absolute Gasteiger partial charge is 0.339 e. The SMILES string of the molecule is CC(I)NCCOc1ccccc1C(=O)O. The molecule has 4 nitrogen and oxygen atoms in total. The molecule has 0 spiro atoms. The quantitative estimate of drug-likeness (QED) is 0.362. The highest BCUT2D eigenvalue weighted by Crippen LogP contribution is 2.17. The summed E-state index contributed by atoms with van der Waals surface area (Å²) in [5.74, 6) is -0.552. The van der Waals surface area contributed by atoms with Crippen LogP contribution in [0, 0.1) is 0 Å². The zero-order valence-electron chi connectivity index (χ0n) is 8.94. The second-order valence-electron chi connectivity index (χ2n) is 3.22. The topological polar surface area (TPSA) is 58.6 Å². The van der Waals surface area contributed by atoms with Gasteiger partial charge >= 0.3 is 5.97 Å². The summed E-state index contributed by atoms with van der Waals surface area (Å²) in [5, 5.41) is 12.1. The molecule has 0 bridgehead atoms. The maximum Gasteiger partial charge on any atom is 0.339 e. The minimum atomic E-state index is -0.967. The molecule has 1 aromatic carbocycles. The first-order chi connectivity index (χ1) is 7.61. The van der Waals surface area contributed by atoms with E-state index in [4.69, 9.17) is 9.84 Å². The number of para-hydroxylation sites is 1. The molecule has 0 radical (unpaired) electrons. The van der Waals surface area contributed by atoms with Crippen molar-refractivity contribution in [2.24, 2.45) is 0 Å². The molecule has 0 amide bonds. The fourth-order valence-electron chi connectivity index (χ4n) is 1.19. The number of hydrogen-bond donors (Lipinski definition) is 2. The van der Waals surface area contributed by atoms with Crippen molar-refractivity contribution < 1.29 is 14.6 Å². The van der Waals surface area contributed by atoms with Crippen LogP contribution in [-0.2, 0) is 0 Å². The van der Waals surface area contributed by atoms with Crippen molar-refractivity contribution in [1.82, 2.24) is 5.32 Å². The largest absolute Gasteiger partial charge is 0.491 e. The molecule has 0 heterocycles. The lowest BCUT2D eigenvalue weighted by Crippen LogP contribution is -2.25. The Hall–Kier alpha value is -0.820. The average molecular weight is 335 g/mol. The van der Waals surface area contributed by atoms with Gasteiger partial charge in [0.05, 0.1) is 4.05 Å². The number of carbonyl (C=O) groups is 1. The molecule has 0 saturated heterocycles. The van der Waals surface area contributed by atoms with Crippen LogP contribution in [-0.4, -0.2) is 28.3 Å². The Balaban J connectivity index is 2.50. The van der Waals surface area contributed by atoms with Crippen LogP contribution in [0.3, 0.4) is 0 Å². The fraction of sp³-hybridized carbons (Fsp3) is 0.364. The van der Waals surface area contributed by atoms with Crippen molar-refractivity contribution in [1.29, 1.82) is 0 Å². The van der Waals surface area contributed by atoms with Crippen LogP contribution < -0.4 is 10.1 Å². The Morgan fingerprint density at radius 3 is 2.88 bits per heavy atom. The standard InChI is InChI=1S/C11H14INO3/c1-8(12)13-6-7-16-10-5-3-2-4-9(10)11(14)15/h2-5,8,13H,6-7H2,1H3,(H,14,15). The summed E-state index contributed by atoms with van der Waals surface area (Å²) >= 11 is 2.25. The van der Waals surface area contributed by atoms with Crippen molar-refractivity contribution in [3.05, 3.63) is 29.8 Å². The van der Waals surface area contributed by atoms with Gasteiger partial charge in [0.1, 0.15) is 17.9 Å². The molecule has 88 valence electrons. The Morgan fingerprint density at radius 1 is 1.56 bits per heavy atom. The van der Waals surface area contributed by atoms with E-state index in [-0.39, 0.29) is 5.56 Å². The van der Waals surface area contributed by atoms with Crippen LogP contribution in [0.2, 0.25) is 0 Å². The van der Waals surface area contributed by atoms with E-state index in [1.54, 1.807) is 18.2 Å². The number of benzene rings is 1. The number of alkyl halides is 1. The van der Waals surface area contributed by atoms with Crippen molar-refractivity contribution >= 4 is 28.6 Å². The maximum atomic E-state index is 10.9. The van der Waals surface area contributed by atoms with E-state index in [0.717, 1.165) is 0 Å². The zero-order valence-corrected chi connectivity index (χ0v) is 11.1. The van der Waals surface area contributed by atoms with Gasteiger partial charge in [-0.2, -0.15) is 0 Å². The summed E-state index contributed by atoms with van der Waals surface area (Å²) < 4.78 is 5.77. The van der Waals surface area contributed by atoms with Gasteiger partial charge in [-0.1, -0.05) is 34.7 Å². The van der Waals surface area contributed by atoms with E-state index in [0.29, 0.717) is 22.9 Å². The number of ether oxygens (including phenoxy) is 1. The molecule has 0 aromatic heterocycles. The zero-order chi connectivity index (χ0) is 12.0. The van der Waals surface area contributed by atoms with Crippen LogP contribution in [0.15, 0.2) is 24.3 Å². The van der Waals surface area contributed by atoms with Gasteiger partial charge < -0.3 is 15.2 Å². The first-order valence-electron chi connectivity index (χ1n) is 4.94. The number of hydrogen-bond acceptors (Lipinski definition) is 3. The maximum absolute atomic E-state index is 10.9. The van der Waals surface area contributed by atoms with Crippen molar-refractivity contribution in [3.8, 4) is 5.75 Å². The number of rotatable bonds is 6. The van der Waals surface area contributed by atoms with Crippen LogP contribution in [0.25, 0.3) is 0 Å². The second-order valence-corrected chi connectivity index (χ2v) is 5.09. The van der Waals surface area contributed by atoms with E-state index in [1.807, 2.05) is 6.92 Å². The molecule has 0 aliphatic carbocycles. The molecule has 1 atom stereocenters. The normalized spacial score (nSPS) is 12.1. The van der Waals surface area contributed by atoms with Crippen LogP contribution >= 0.6 is 22.6 Å². The lowest BCUT2D eigenvalue weighted by atomic mass is 10.2. The van der Waals surface area contributed by atoms with Crippen LogP contribution in [0.1, 0.15) is 17.3 Å². The van der Waals surface area contributed by atoms with E-state index in [1.165, 1.54) is 6.07 Å². The molecular formula is C11H14INO3. The Bertz CT molecular complexity index is 355. The minimum absolute atomic E-state index is 0.199. The molecule has 5 heteroatoms. The van der Waals surface area contributed by atoms with Crippen LogP contribution in [0.5, 0.6) is 5.75 Å². The first-order valence-corrected chi connectivity index (χ1v) is 6.18. The number of carboxylic acid groups (broad SMARTS) is 1. The first kappa shape index (κ1) is 13.2. The summed E-state index contributed by atoms with van der Waals surface area (Å²) in [5.41, 5.74) is 0.199. The molecule has 1 unspecified atom stereocenters. The van der Waals surface area contributed by atoms with E-state index >= 15 is 0 Å². The Labute approximate surface area is 108 Å². The van der Waals surface area contributed by atoms with Gasteiger partial charge in [-0.25, -0.2) is 4.79 Å². The summed E-state index contributed by atoms with van der Waals surface area (Å²) in [6.07, 6.45) is 0. The highest BCUT2D eigenvalue weighted by Gasteiger charge is 2.09. The summed E-state index contributed by atoms with van der Waals surface area (Å²) in [7, 11) is 0. The van der Waals surface area contributed by atoms with Crippen molar-refractivity contribution in [3.63, 3.8) is 0 Å².